The SMILES string of the molecule is O=S(=O)(c1ccccc1)c1ccc2c(c1)CCC2CCC1=NCCN1. The van der Waals surface area contributed by atoms with Gasteiger partial charge in [-0.2, -0.15) is 0 Å². The minimum absolute atomic E-state index is 0.356. The number of rotatable bonds is 5. The van der Waals surface area contributed by atoms with Gasteiger partial charge in [0.2, 0.25) is 9.84 Å². The van der Waals surface area contributed by atoms with E-state index < -0.39 is 9.84 Å². The molecule has 2 aliphatic rings. The van der Waals surface area contributed by atoms with Crippen LogP contribution in [0.3, 0.4) is 0 Å². The van der Waals surface area contributed by atoms with E-state index in [1.165, 1.54) is 11.1 Å². The number of amidine groups is 1. The quantitative estimate of drug-likeness (QED) is 0.896. The Morgan fingerprint density at radius 1 is 1.08 bits per heavy atom. The summed E-state index contributed by atoms with van der Waals surface area (Å²) in [5.74, 6) is 1.63. The molecule has 1 aliphatic heterocycles. The number of hydrogen-bond acceptors (Lipinski definition) is 4. The molecule has 0 saturated heterocycles. The lowest BCUT2D eigenvalue weighted by Gasteiger charge is -2.13. The van der Waals surface area contributed by atoms with E-state index in [1.54, 1.807) is 30.3 Å². The van der Waals surface area contributed by atoms with E-state index in [0.717, 1.165) is 44.6 Å². The lowest BCUT2D eigenvalue weighted by molar-refractivity contribution is 0.596. The summed E-state index contributed by atoms with van der Waals surface area (Å²) >= 11 is 0. The summed E-state index contributed by atoms with van der Waals surface area (Å²) in [6.07, 6.45) is 4.10. The smallest absolute Gasteiger partial charge is 0.206 e. The van der Waals surface area contributed by atoms with E-state index >= 15 is 0 Å². The van der Waals surface area contributed by atoms with E-state index in [0.29, 0.717) is 15.7 Å². The van der Waals surface area contributed by atoms with Gasteiger partial charge in [-0.15, -0.1) is 0 Å². The highest BCUT2D eigenvalue weighted by Crippen LogP contribution is 2.38. The molecule has 0 bridgehead atoms. The predicted octanol–water partition coefficient (Wildman–Crippen LogP) is 3.33. The highest BCUT2D eigenvalue weighted by Gasteiger charge is 2.26. The summed E-state index contributed by atoms with van der Waals surface area (Å²) in [4.78, 5) is 5.22. The number of sulfone groups is 1. The van der Waals surface area contributed by atoms with Gasteiger partial charge in [0, 0.05) is 13.0 Å². The van der Waals surface area contributed by atoms with Gasteiger partial charge < -0.3 is 5.32 Å². The van der Waals surface area contributed by atoms with Crippen LogP contribution in [0.15, 0.2) is 63.3 Å². The van der Waals surface area contributed by atoms with Crippen molar-refractivity contribution in [3.8, 4) is 0 Å². The number of fused-ring (bicyclic) bond motifs is 1. The molecule has 1 N–H and O–H groups in total. The Balaban J connectivity index is 1.55. The standard InChI is InChI=1S/C20H22N2O2S/c23-25(24,17-4-2-1-3-5-17)18-9-10-19-15(6-7-16(19)14-18)8-11-20-21-12-13-22-20/h1-5,9-10,14-15H,6-8,11-13H2,(H,21,22). The zero-order valence-corrected chi connectivity index (χ0v) is 14.9. The molecule has 0 radical (unpaired) electrons. The summed E-state index contributed by atoms with van der Waals surface area (Å²) in [5.41, 5.74) is 2.49. The first-order valence-corrected chi connectivity index (χ1v) is 10.3. The number of hydrogen-bond donors (Lipinski definition) is 1. The Labute approximate surface area is 148 Å². The Kier molecular flexibility index (Phi) is 4.34. The largest absolute Gasteiger partial charge is 0.372 e. The number of aliphatic imine (C=N–C) groups is 1. The molecule has 1 unspecified atom stereocenters. The lowest BCUT2D eigenvalue weighted by Crippen LogP contribution is -2.18. The molecule has 5 heteroatoms. The molecule has 2 aromatic rings. The van der Waals surface area contributed by atoms with Crippen molar-refractivity contribution < 1.29 is 8.42 Å². The first kappa shape index (κ1) is 16.3. The zero-order chi connectivity index (χ0) is 17.3. The molecule has 130 valence electrons. The fourth-order valence-electron chi connectivity index (χ4n) is 3.81. The number of aryl methyl sites for hydroxylation is 1. The van der Waals surface area contributed by atoms with E-state index in [4.69, 9.17) is 0 Å². The molecular formula is C20H22N2O2S. The van der Waals surface area contributed by atoms with Gasteiger partial charge >= 0.3 is 0 Å². The zero-order valence-electron chi connectivity index (χ0n) is 14.1. The molecule has 0 fully saturated rings. The van der Waals surface area contributed by atoms with E-state index in [-0.39, 0.29) is 0 Å². The number of benzene rings is 2. The van der Waals surface area contributed by atoms with Crippen molar-refractivity contribution in [1.82, 2.24) is 5.32 Å². The molecule has 0 amide bonds. The number of nitrogens with one attached hydrogen (secondary N) is 1. The van der Waals surface area contributed by atoms with Crippen LogP contribution in [0.5, 0.6) is 0 Å². The Morgan fingerprint density at radius 2 is 1.92 bits per heavy atom. The minimum Gasteiger partial charge on any atom is -0.372 e. The summed E-state index contributed by atoms with van der Waals surface area (Å²) < 4.78 is 25.6. The van der Waals surface area contributed by atoms with Gasteiger partial charge in [-0.05, 0) is 60.6 Å². The van der Waals surface area contributed by atoms with Crippen molar-refractivity contribution in [3.63, 3.8) is 0 Å². The van der Waals surface area contributed by atoms with Gasteiger partial charge in [0.05, 0.1) is 22.2 Å². The molecule has 4 rings (SSSR count). The molecule has 4 nitrogen and oxygen atoms in total. The van der Waals surface area contributed by atoms with Crippen LogP contribution in [0.25, 0.3) is 0 Å². The highest BCUT2D eigenvalue weighted by molar-refractivity contribution is 7.91. The molecule has 25 heavy (non-hydrogen) atoms. The first-order valence-electron chi connectivity index (χ1n) is 8.85. The van der Waals surface area contributed by atoms with Crippen LogP contribution in [0.4, 0.5) is 0 Å². The van der Waals surface area contributed by atoms with E-state index in [1.807, 2.05) is 18.2 Å². The second kappa shape index (κ2) is 6.64. The average Bonchev–Trinajstić information content (AvgIpc) is 3.30. The average molecular weight is 354 g/mol. The van der Waals surface area contributed by atoms with Gasteiger partial charge in [-0.25, -0.2) is 8.42 Å². The molecule has 0 aromatic heterocycles. The summed E-state index contributed by atoms with van der Waals surface area (Å²) in [7, 11) is -3.43. The monoisotopic (exact) mass is 354 g/mol. The minimum atomic E-state index is -3.43. The van der Waals surface area contributed by atoms with Crippen LogP contribution in [-0.2, 0) is 16.3 Å². The van der Waals surface area contributed by atoms with Gasteiger partial charge in [-0.3, -0.25) is 4.99 Å². The summed E-state index contributed by atoms with van der Waals surface area (Å²) in [6.45, 7) is 1.84. The summed E-state index contributed by atoms with van der Waals surface area (Å²) in [5, 5.41) is 3.32. The Hall–Kier alpha value is -2.14. The van der Waals surface area contributed by atoms with Gasteiger partial charge in [0.1, 0.15) is 0 Å². The van der Waals surface area contributed by atoms with Crippen molar-refractivity contribution in [2.45, 2.75) is 41.4 Å². The van der Waals surface area contributed by atoms with Crippen molar-refractivity contribution in [2.24, 2.45) is 4.99 Å². The van der Waals surface area contributed by atoms with Crippen LogP contribution < -0.4 is 5.32 Å². The fourth-order valence-corrected chi connectivity index (χ4v) is 5.14. The fraction of sp³-hybridized carbons (Fsp3) is 0.350. The van der Waals surface area contributed by atoms with Crippen molar-refractivity contribution in [1.29, 1.82) is 0 Å². The maximum atomic E-state index is 12.8. The lowest BCUT2D eigenvalue weighted by atomic mass is 9.96. The second-order valence-electron chi connectivity index (χ2n) is 6.71. The van der Waals surface area contributed by atoms with Gasteiger partial charge in [0.15, 0.2) is 0 Å². The predicted molar refractivity (Wildman–Crippen MR) is 98.9 cm³/mol. The van der Waals surface area contributed by atoms with Crippen LogP contribution in [0.2, 0.25) is 0 Å². The first-order chi connectivity index (χ1) is 12.1. The molecule has 1 heterocycles. The van der Waals surface area contributed by atoms with Gasteiger partial charge in [0.25, 0.3) is 0 Å². The van der Waals surface area contributed by atoms with Gasteiger partial charge in [-0.1, -0.05) is 24.3 Å². The highest BCUT2D eigenvalue weighted by atomic mass is 32.2. The Bertz CT molecular complexity index is 905. The topological polar surface area (TPSA) is 58.5 Å². The second-order valence-corrected chi connectivity index (χ2v) is 8.66. The van der Waals surface area contributed by atoms with Crippen molar-refractivity contribution in [2.75, 3.05) is 13.1 Å². The van der Waals surface area contributed by atoms with E-state index in [2.05, 4.69) is 10.3 Å². The maximum absolute atomic E-state index is 12.8. The number of nitrogens with zero attached hydrogens (tertiary/aromatic N) is 1. The van der Waals surface area contributed by atoms with Crippen LogP contribution in [0, 0.1) is 0 Å². The summed E-state index contributed by atoms with van der Waals surface area (Å²) in [6, 6.07) is 14.3. The third-order valence-electron chi connectivity index (χ3n) is 5.15. The van der Waals surface area contributed by atoms with E-state index in [9.17, 15) is 8.42 Å². The molecular weight excluding hydrogens is 332 g/mol. The molecule has 2 aromatic carbocycles. The Morgan fingerprint density at radius 3 is 2.68 bits per heavy atom. The third-order valence-corrected chi connectivity index (χ3v) is 6.92. The molecule has 1 aliphatic carbocycles. The van der Waals surface area contributed by atoms with Crippen LogP contribution in [0.1, 0.15) is 36.3 Å². The van der Waals surface area contributed by atoms with Crippen LogP contribution >= 0.6 is 0 Å². The molecule has 0 spiro atoms. The van der Waals surface area contributed by atoms with Crippen LogP contribution in [-0.4, -0.2) is 27.3 Å². The molecule has 0 saturated carbocycles. The molecule has 1 atom stereocenters. The van der Waals surface area contributed by atoms with Crippen molar-refractivity contribution >= 4 is 15.7 Å². The maximum Gasteiger partial charge on any atom is 0.206 e. The third kappa shape index (κ3) is 3.21. The van der Waals surface area contributed by atoms with Crippen molar-refractivity contribution in [3.05, 3.63) is 59.7 Å². The normalized spacial score (nSPS) is 19.4.